The number of anilines is 1. The van der Waals surface area contributed by atoms with Crippen molar-refractivity contribution in [1.82, 2.24) is 34.7 Å². The van der Waals surface area contributed by atoms with E-state index in [9.17, 15) is 0 Å². The van der Waals surface area contributed by atoms with Gasteiger partial charge in [0.05, 0.1) is 6.20 Å². The van der Waals surface area contributed by atoms with Crippen molar-refractivity contribution in [2.45, 2.75) is 6.04 Å². The summed E-state index contributed by atoms with van der Waals surface area (Å²) in [6.45, 7) is 0. The highest BCUT2D eigenvalue weighted by Gasteiger charge is 2.23. The van der Waals surface area contributed by atoms with Crippen molar-refractivity contribution >= 4 is 16.5 Å². The molecule has 0 bridgehead atoms. The zero-order valence-corrected chi connectivity index (χ0v) is 13.6. The van der Waals surface area contributed by atoms with Crippen LogP contribution < -0.4 is 5.73 Å². The number of rotatable bonds is 4. The Morgan fingerprint density at radius 1 is 1.12 bits per heavy atom. The second-order valence-corrected chi connectivity index (χ2v) is 6.28. The molecule has 0 aliphatic rings. The van der Waals surface area contributed by atoms with Crippen molar-refractivity contribution in [3.63, 3.8) is 0 Å². The molecule has 1 aromatic carbocycles. The van der Waals surface area contributed by atoms with Crippen LogP contribution in [0.1, 0.15) is 16.6 Å². The molecule has 0 unspecified atom stereocenters. The standard InChI is InChI=1S/C15H14N8S/c1-22-8-7-17-13(22)11-9-23(21-18-11)12(10-5-3-2-4-6-10)14-19-20-15(16)24-14/h2-9,12H,1H3,(H2,16,20)/t12-/m1/s1. The lowest BCUT2D eigenvalue weighted by molar-refractivity contribution is 0.565. The summed E-state index contributed by atoms with van der Waals surface area (Å²) in [5.74, 6) is 0.754. The summed E-state index contributed by atoms with van der Waals surface area (Å²) in [7, 11) is 1.92. The molecular weight excluding hydrogens is 324 g/mol. The summed E-state index contributed by atoms with van der Waals surface area (Å²) in [6.07, 6.45) is 5.46. The third-order valence-corrected chi connectivity index (χ3v) is 4.44. The molecule has 0 radical (unpaired) electrons. The van der Waals surface area contributed by atoms with Gasteiger partial charge in [-0.3, -0.25) is 0 Å². The number of hydrogen-bond acceptors (Lipinski definition) is 7. The number of nitrogens with two attached hydrogens (primary N) is 1. The van der Waals surface area contributed by atoms with Gasteiger partial charge in [0.2, 0.25) is 5.13 Å². The largest absolute Gasteiger partial charge is 0.374 e. The molecule has 8 nitrogen and oxygen atoms in total. The van der Waals surface area contributed by atoms with Crippen LogP contribution in [0.2, 0.25) is 0 Å². The molecule has 0 aliphatic carbocycles. The maximum Gasteiger partial charge on any atom is 0.203 e. The lowest BCUT2D eigenvalue weighted by Crippen LogP contribution is -2.13. The number of aromatic nitrogens is 7. The zero-order chi connectivity index (χ0) is 16.5. The van der Waals surface area contributed by atoms with Gasteiger partial charge in [0.1, 0.15) is 16.7 Å². The van der Waals surface area contributed by atoms with E-state index in [2.05, 4.69) is 25.5 Å². The molecule has 0 saturated heterocycles. The van der Waals surface area contributed by atoms with Crippen molar-refractivity contribution in [2.75, 3.05) is 5.73 Å². The summed E-state index contributed by atoms with van der Waals surface area (Å²) in [6, 6.07) is 9.72. The molecule has 0 aliphatic heterocycles. The Balaban J connectivity index is 1.80. The van der Waals surface area contributed by atoms with E-state index < -0.39 is 0 Å². The fourth-order valence-electron chi connectivity index (χ4n) is 2.52. The molecule has 1 atom stereocenters. The van der Waals surface area contributed by atoms with Gasteiger partial charge in [0.25, 0.3) is 0 Å². The first kappa shape index (κ1) is 14.5. The third kappa shape index (κ3) is 2.54. The number of hydrogen-bond donors (Lipinski definition) is 1. The highest BCUT2D eigenvalue weighted by atomic mass is 32.1. The third-order valence-electron chi connectivity index (χ3n) is 3.63. The van der Waals surface area contributed by atoms with E-state index in [1.54, 1.807) is 10.9 Å². The second kappa shape index (κ2) is 5.85. The lowest BCUT2D eigenvalue weighted by atomic mass is 10.1. The van der Waals surface area contributed by atoms with Gasteiger partial charge in [-0.2, -0.15) is 0 Å². The topological polar surface area (TPSA) is 100 Å². The molecule has 4 rings (SSSR count). The average molecular weight is 338 g/mol. The summed E-state index contributed by atoms with van der Waals surface area (Å²) >= 11 is 1.34. The van der Waals surface area contributed by atoms with E-state index in [1.807, 2.05) is 54.3 Å². The highest BCUT2D eigenvalue weighted by molar-refractivity contribution is 7.15. The second-order valence-electron chi connectivity index (χ2n) is 5.24. The monoisotopic (exact) mass is 338 g/mol. The minimum absolute atomic E-state index is 0.234. The van der Waals surface area contributed by atoms with Gasteiger partial charge in [-0.25, -0.2) is 9.67 Å². The number of nitrogen functional groups attached to an aromatic ring is 1. The Morgan fingerprint density at radius 3 is 2.62 bits per heavy atom. The first-order valence-corrected chi connectivity index (χ1v) is 8.07. The highest BCUT2D eigenvalue weighted by Crippen LogP contribution is 2.29. The molecule has 3 heterocycles. The molecule has 9 heteroatoms. The van der Waals surface area contributed by atoms with E-state index in [0.717, 1.165) is 16.4 Å². The molecule has 3 aromatic heterocycles. The smallest absolute Gasteiger partial charge is 0.203 e. The molecule has 2 N–H and O–H groups in total. The van der Waals surface area contributed by atoms with Crippen molar-refractivity contribution in [3.05, 3.63) is 59.5 Å². The minimum Gasteiger partial charge on any atom is -0.374 e. The lowest BCUT2D eigenvalue weighted by Gasteiger charge is -2.13. The summed E-state index contributed by atoms with van der Waals surface area (Å²) in [5, 5.41) is 17.8. The molecule has 0 saturated carbocycles. The van der Waals surface area contributed by atoms with Crippen LogP contribution in [-0.2, 0) is 7.05 Å². The maximum atomic E-state index is 5.76. The van der Waals surface area contributed by atoms with Gasteiger partial charge < -0.3 is 10.3 Å². The Labute approximate surface area is 141 Å². The van der Waals surface area contributed by atoms with E-state index in [1.165, 1.54) is 11.3 Å². The van der Waals surface area contributed by atoms with Crippen LogP contribution in [0.25, 0.3) is 11.5 Å². The zero-order valence-electron chi connectivity index (χ0n) is 12.8. The summed E-state index contributed by atoms with van der Waals surface area (Å²) < 4.78 is 3.66. The Hall–Kier alpha value is -3.07. The van der Waals surface area contributed by atoms with Gasteiger partial charge in [0.15, 0.2) is 5.82 Å². The number of nitrogens with zero attached hydrogens (tertiary/aromatic N) is 7. The number of benzene rings is 1. The summed E-state index contributed by atoms with van der Waals surface area (Å²) in [5.41, 5.74) is 7.49. The number of imidazole rings is 1. The predicted octanol–water partition coefficient (Wildman–Crippen LogP) is 1.75. The van der Waals surface area contributed by atoms with E-state index in [4.69, 9.17) is 5.73 Å². The Kier molecular flexibility index (Phi) is 3.54. The fourth-order valence-corrected chi connectivity index (χ4v) is 3.25. The van der Waals surface area contributed by atoms with Crippen molar-refractivity contribution in [1.29, 1.82) is 0 Å². The molecule has 120 valence electrons. The van der Waals surface area contributed by atoms with Gasteiger partial charge in [-0.15, -0.1) is 15.3 Å². The van der Waals surface area contributed by atoms with E-state index in [-0.39, 0.29) is 6.04 Å². The average Bonchev–Trinajstić information content (AvgIpc) is 3.31. The fraction of sp³-hybridized carbons (Fsp3) is 0.133. The normalized spacial score (nSPS) is 12.4. The Bertz CT molecular complexity index is 955. The first-order chi connectivity index (χ1) is 11.7. The van der Waals surface area contributed by atoms with Crippen LogP contribution in [0.4, 0.5) is 5.13 Å². The molecule has 0 spiro atoms. The number of aryl methyl sites for hydroxylation is 1. The molecule has 4 aromatic rings. The van der Waals surface area contributed by atoms with Crippen LogP contribution in [-0.4, -0.2) is 34.7 Å². The molecule has 0 fully saturated rings. The van der Waals surface area contributed by atoms with Crippen LogP contribution in [0, 0.1) is 0 Å². The first-order valence-electron chi connectivity index (χ1n) is 7.26. The van der Waals surface area contributed by atoms with Crippen LogP contribution in [0.3, 0.4) is 0 Å². The molecule has 24 heavy (non-hydrogen) atoms. The maximum absolute atomic E-state index is 5.76. The molecular formula is C15H14N8S. The minimum atomic E-state index is -0.234. The van der Waals surface area contributed by atoms with Crippen LogP contribution in [0.5, 0.6) is 0 Å². The van der Waals surface area contributed by atoms with Gasteiger partial charge in [-0.05, 0) is 5.56 Å². The van der Waals surface area contributed by atoms with Crippen molar-refractivity contribution < 1.29 is 0 Å². The Morgan fingerprint density at radius 2 is 1.96 bits per heavy atom. The van der Waals surface area contributed by atoms with Crippen molar-refractivity contribution in [2.24, 2.45) is 7.05 Å². The predicted molar refractivity (Wildman–Crippen MR) is 90.2 cm³/mol. The van der Waals surface area contributed by atoms with E-state index >= 15 is 0 Å². The van der Waals surface area contributed by atoms with Gasteiger partial charge in [-0.1, -0.05) is 46.9 Å². The summed E-state index contributed by atoms with van der Waals surface area (Å²) in [4.78, 5) is 4.31. The van der Waals surface area contributed by atoms with E-state index in [0.29, 0.717) is 10.8 Å². The SMILES string of the molecule is Cn1ccnc1-c1cn([C@H](c2ccccc2)c2nnc(N)s2)nn1. The quantitative estimate of drug-likeness (QED) is 0.608. The van der Waals surface area contributed by atoms with Crippen LogP contribution in [0.15, 0.2) is 48.9 Å². The van der Waals surface area contributed by atoms with Crippen LogP contribution >= 0.6 is 11.3 Å². The van der Waals surface area contributed by atoms with Crippen molar-refractivity contribution in [3.8, 4) is 11.5 Å². The van der Waals surface area contributed by atoms with Gasteiger partial charge >= 0.3 is 0 Å². The molecule has 0 amide bonds. The van der Waals surface area contributed by atoms with Gasteiger partial charge in [0, 0.05) is 19.4 Å².